The first-order valence-corrected chi connectivity index (χ1v) is 6.45. The third kappa shape index (κ3) is 5.85. The standard InChI is InChI=1S/C15H23NO3/c1-11-7-5-6-8-13(11)14(18)19-10-12(17)9-16-15(2,3)4/h5-8,12,16-17H,9-10H2,1-4H3/t12-/m0/s1. The molecule has 0 radical (unpaired) electrons. The van der Waals surface area contributed by atoms with Crippen LogP contribution in [0.5, 0.6) is 0 Å². The summed E-state index contributed by atoms with van der Waals surface area (Å²) in [6, 6.07) is 7.24. The van der Waals surface area contributed by atoms with Gasteiger partial charge in [0.2, 0.25) is 0 Å². The van der Waals surface area contributed by atoms with Crippen molar-refractivity contribution < 1.29 is 14.6 Å². The summed E-state index contributed by atoms with van der Waals surface area (Å²) in [4.78, 5) is 11.8. The molecule has 0 spiro atoms. The van der Waals surface area contributed by atoms with E-state index in [4.69, 9.17) is 4.74 Å². The highest BCUT2D eigenvalue weighted by Crippen LogP contribution is 2.08. The van der Waals surface area contributed by atoms with Crippen LogP contribution in [0.3, 0.4) is 0 Å². The van der Waals surface area contributed by atoms with Gasteiger partial charge >= 0.3 is 5.97 Å². The van der Waals surface area contributed by atoms with Crippen LogP contribution in [0.25, 0.3) is 0 Å². The van der Waals surface area contributed by atoms with Gasteiger partial charge in [-0.05, 0) is 39.3 Å². The first-order chi connectivity index (χ1) is 8.79. The number of hydrogen-bond donors (Lipinski definition) is 2. The Kier molecular flexibility index (Phi) is 5.51. The summed E-state index contributed by atoms with van der Waals surface area (Å²) in [5.41, 5.74) is 1.34. The smallest absolute Gasteiger partial charge is 0.338 e. The second-order valence-electron chi connectivity index (χ2n) is 5.70. The zero-order chi connectivity index (χ0) is 14.5. The summed E-state index contributed by atoms with van der Waals surface area (Å²) in [5, 5.41) is 12.9. The molecule has 0 amide bonds. The lowest BCUT2D eigenvalue weighted by Gasteiger charge is -2.22. The predicted molar refractivity (Wildman–Crippen MR) is 75.2 cm³/mol. The van der Waals surface area contributed by atoms with E-state index in [2.05, 4.69) is 5.32 Å². The number of aryl methyl sites for hydroxylation is 1. The highest BCUT2D eigenvalue weighted by molar-refractivity contribution is 5.90. The van der Waals surface area contributed by atoms with E-state index >= 15 is 0 Å². The van der Waals surface area contributed by atoms with Crippen molar-refractivity contribution in [1.29, 1.82) is 0 Å². The molecule has 1 aromatic rings. The summed E-state index contributed by atoms with van der Waals surface area (Å²) < 4.78 is 5.11. The first-order valence-electron chi connectivity index (χ1n) is 6.45. The normalized spacial score (nSPS) is 13.1. The van der Waals surface area contributed by atoms with Crippen molar-refractivity contribution in [2.45, 2.75) is 39.3 Å². The third-order valence-electron chi connectivity index (χ3n) is 2.64. The third-order valence-corrected chi connectivity index (χ3v) is 2.64. The van der Waals surface area contributed by atoms with Gasteiger partial charge < -0.3 is 15.2 Å². The highest BCUT2D eigenvalue weighted by atomic mass is 16.5. The zero-order valence-corrected chi connectivity index (χ0v) is 12.1. The van der Waals surface area contributed by atoms with Gasteiger partial charge in [-0.1, -0.05) is 18.2 Å². The number of aliphatic hydroxyl groups is 1. The molecule has 0 heterocycles. The quantitative estimate of drug-likeness (QED) is 0.798. The van der Waals surface area contributed by atoms with Gasteiger partial charge in [-0.25, -0.2) is 4.79 Å². The Morgan fingerprint density at radius 3 is 2.58 bits per heavy atom. The lowest BCUT2D eigenvalue weighted by atomic mass is 10.1. The zero-order valence-electron chi connectivity index (χ0n) is 12.1. The molecule has 0 aliphatic heterocycles. The molecule has 106 valence electrons. The van der Waals surface area contributed by atoms with E-state index in [1.807, 2.05) is 39.8 Å². The second-order valence-corrected chi connectivity index (χ2v) is 5.70. The van der Waals surface area contributed by atoms with Crippen LogP contribution in [0.1, 0.15) is 36.7 Å². The number of β-amino-alcohol motifs (C(OH)–C–C–N with tert-alkyl or cyclic N) is 1. The molecule has 1 rings (SSSR count). The van der Waals surface area contributed by atoms with Crippen LogP contribution >= 0.6 is 0 Å². The summed E-state index contributed by atoms with van der Waals surface area (Å²) in [7, 11) is 0. The van der Waals surface area contributed by atoms with E-state index in [0.29, 0.717) is 12.1 Å². The number of rotatable bonds is 5. The van der Waals surface area contributed by atoms with Gasteiger partial charge in [0.05, 0.1) is 5.56 Å². The molecular formula is C15H23NO3. The molecule has 4 heteroatoms. The van der Waals surface area contributed by atoms with Crippen LogP contribution in [-0.2, 0) is 4.74 Å². The fourth-order valence-electron chi connectivity index (χ4n) is 1.53. The highest BCUT2D eigenvalue weighted by Gasteiger charge is 2.15. The van der Waals surface area contributed by atoms with Crippen molar-refractivity contribution in [2.24, 2.45) is 0 Å². The van der Waals surface area contributed by atoms with Crippen molar-refractivity contribution in [1.82, 2.24) is 5.32 Å². The molecule has 0 aliphatic rings. The minimum Gasteiger partial charge on any atom is -0.459 e. The molecule has 0 unspecified atom stereocenters. The number of ether oxygens (including phenoxy) is 1. The summed E-state index contributed by atoms with van der Waals surface area (Å²) in [6.45, 7) is 8.28. The van der Waals surface area contributed by atoms with Crippen LogP contribution in [-0.4, -0.2) is 35.9 Å². The molecule has 0 aromatic heterocycles. The summed E-state index contributed by atoms with van der Waals surface area (Å²) >= 11 is 0. The molecule has 4 nitrogen and oxygen atoms in total. The molecule has 2 N–H and O–H groups in total. The average molecular weight is 265 g/mol. The lowest BCUT2D eigenvalue weighted by molar-refractivity contribution is 0.0246. The van der Waals surface area contributed by atoms with E-state index in [9.17, 15) is 9.90 Å². The largest absolute Gasteiger partial charge is 0.459 e. The van der Waals surface area contributed by atoms with E-state index in [1.165, 1.54) is 0 Å². The monoisotopic (exact) mass is 265 g/mol. The van der Waals surface area contributed by atoms with Crippen LogP contribution in [0.2, 0.25) is 0 Å². The number of aliphatic hydroxyl groups excluding tert-OH is 1. The van der Waals surface area contributed by atoms with Crippen molar-refractivity contribution in [3.8, 4) is 0 Å². The van der Waals surface area contributed by atoms with Crippen molar-refractivity contribution >= 4 is 5.97 Å². The Balaban J connectivity index is 2.41. The first kappa shape index (κ1) is 15.7. The molecule has 0 fully saturated rings. The molecule has 1 aromatic carbocycles. The predicted octanol–water partition coefficient (Wildman–Crippen LogP) is 1.90. The SMILES string of the molecule is Cc1ccccc1C(=O)OC[C@@H](O)CNC(C)(C)C. The van der Waals surface area contributed by atoms with Gasteiger partial charge in [0.15, 0.2) is 0 Å². The summed E-state index contributed by atoms with van der Waals surface area (Å²) in [6.07, 6.45) is -0.702. The maximum Gasteiger partial charge on any atom is 0.338 e. The van der Waals surface area contributed by atoms with E-state index < -0.39 is 12.1 Å². The molecule has 0 bridgehead atoms. The minimum atomic E-state index is -0.702. The van der Waals surface area contributed by atoms with Crippen LogP contribution in [0, 0.1) is 6.92 Å². The van der Waals surface area contributed by atoms with Gasteiger partial charge in [-0.15, -0.1) is 0 Å². The Hall–Kier alpha value is -1.39. The molecular weight excluding hydrogens is 242 g/mol. The van der Waals surface area contributed by atoms with Gasteiger partial charge in [0.25, 0.3) is 0 Å². The average Bonchev–Trinajstić information content (AvgIpc) is 2.33. The number of carbonyl (C=O) groups excluding carboxylic acids is 1. The van der Waals surface area contributed by atoms with Gasteiger partial charge in [-0.2, -0.15) is 0 Å². The number of nitrogens with one attached hydrogen (secondary N) is 1. The Bertz CT molecular complexity index is 424. The van der Waals surface area contributed by atoms with Crippen molar-refractivity contribution in [3.05, 3.63) is 35.4 Å². The van der Waals surface area contributed by atoms with E-state index in [1.54, 1.807) is 12.1 Å². The number of hydrogen-bond acceptors (Lipinski definition) is 4. The molecule has 0 saturated carbocycles. The molecule has 0 aliphatic carbocycles. The van der Waals surface area contributed by atoms with Crippen molar-refractivity contribution in [2.75, 3.05) is 13.2 Å². The number of benzene rings is 1. The Labute approximate surface area is 114 Å². The molecule has 1 atom stereocenters. The van der Waals surface area contributed by atoms with Crippen LogP contribution in [0.15, 0.2) is 24.3 Å². The topological polar surface area (TPSA) is 58.6 Å². The summed E-state index contributed by atoms with van der Waals surface area (Å²) in [5.74, 6) is -0.395. The van der Waals surface area contributed by atoms with E-state index in [0.717, 1.165) is 5.56 Å². The van der Waals surface area contributed by atoms with Gasteiger partial charge in [0.1, 0.15) is 12.7 Å². The molecule has 19 heavy (non-hydrogen) atoms. The fourth-order valence-corrected chi connectivity index (χ4v) is 1.53. The van der Waals surface area contributed by atoms with Crippen LogP contribution in [0.4, 0.5) is 0 Å². The minimum absolute atomic E-state index is 0.00372. The fraction of sp³-hybridized carbons (Fsp3) is 0.533. The lowest BCUT2D eigenvalue weighted by Crippen LogP contribution is -2.42. The Morgan fingerprint density at radius 1 is 1.37 bits per heavy atom. The molecule has 0 saturated heterocycles. The maximum absolute atomic E-state index is 11.8. The van der Waals surface area contributed by atoms with Crippen LogP contribution < -0.4 is 5.32 Å². The second kappa shape index (κ2) is 6.68. The van der Waals surface area contributed by atoms with Gasteiger partial charge in [0, 0.05) is 12.1 Å². The Morgan fingerprint density at radius 2 is 2.00 bits per heavy atom. The number of esters is 1. The van der Waals surface area contributed by atoms with E-state index in [-0.39, 0.29) is 12.1 Å². The maximum atomic E-state index is 11.8. The number of carbonyl (C=O) groups is 1. The van der Waals surface area contributed by atoms with Gasteiger partial charge in [-0.3, -0.25) is 0 Å². The van der Waals surface area contributed by atoms with Crippen molar-refractivity contribution in [3.63, 3.8) is 0 Å².